The number of pyridine rings is 1. The average Bonchev–Trinajstić information content (AvgIpc) is 3.40. The van der Waals surface area contributed by atoms with Crippen molar-refractivity contribution in [2.75, 3.05) is 14.2 Å². The van der Waals surface area contributed by atoms with Crippen LogP contribution in [0.1, 0.15) is 121 Å². The zero-order valence-electron chi connectivity index (χ0n) is 25.4. The third kappa shape index (κ3) is 3.19. The predicted molar refractivity (Wildman–Crippen MR) is 160 cm³/mol. The van der Waals surface area contributed by atoms with E-state index in [4.69, 9.17) is 9.47 Å². The molecule has 2 saturated carbocycles. The minimum Gasteiger partial charge on any atom is -0.493 e. The number of methoxy groups -OCH3 is 2. The van der Waals surface area contributed by atoms with Crippen molar-refractivity contribution in [2.24, 2.45) is 10.8 Å². The number of hydrogen-bond acceptors (Lipinski definition) is 2. The van der Waals surface area contributed by atoms with Crippen LogP contribution in [0.25, 0.3) is 21.7 Å². The molecule has 2 fully saturated rings. The summed E-state index contributed by atoms with van der Waals surface area (Å²) < 4.78 is 14.7. The maximum absolute atomic E-state index is 6.08. The van der Waals surface area contributed by atoms with Crippen LogP contribution in [0, 0.1) is 10.8 Å². The van der Waals surface area contributed by atoms with E-state index in [-0.39, 0.29) is 11.0 Å². The molecule has 3 heteroatoms. The van der Waals surface area contributed by atoms with Gasteiger partial charge in [0.25, 0.3) is 0 Å². The lowest BCUT2D eigenvalue weighted by atomic mass is 9.70. The van der Waals surface area contributed by atoms with E-state index in [9.17, 15) is 0 Å². The first-order valence-electron chi connectivity index (χ1n) is 15.8. The molecule has 3 aromatic rings. The SMILES string of the molecule is CCCCCC12CC3(C)CC(CC1(C)C2)c1c[n+]2c4c(ccc5cc(OC)c(OC)c(c54)CC2(CC)CC)c13. The maximum Gasteiger partial charge on any atom is 0.221 e. The minimum atomic E-state index is 0.0509. The van der Waals surface area contributed by atoms with Gasteiger partial charge in [-0.25, -0.2) is 0 Å². The number of unbranched alkanes of at least 4 members (excludes halogenated alkanes) is 2. The number of ether oxygens (including phenoxy) is 2. The van der Waals surface area contributed by atoms with Crippen LogP contribution >= 0.6 is 0 Å². The molecule has 0 saturated heterocycles. The second-order valence-corrected chi connectivity index (χ2v) is 14.4. The molecule has 0 N–H and O–H groups in total. The Kier molecular flexibility index (Phi) is 5.51. The van der Waals surface area contributed by atoms with Crippen molar-refractivity contribution in [3.8, 4) is 11.5 Å². The van der Waals surface area contributed by atoms with Gasteiger partial charge in [0, 0.05) is 30.4 Å². The molecule has 0 radical (unpaired) electrons. The predicted octanol–water partition coefficient (Wildman–Crippen LogP) is 8.88. The molecule has 3 nitrogen and oxygen atoms in total. The average molecular weight is 527 g/mol. The summed E-state index contributed by atoms with van der Waals surface area (Å²) in [6.07, 6.45) is 16.9. The third-order valence-electron chi connectivity index (χ3n) is 12.4. The van der Waals surface area contributed by atoms with E-state index >= 15 is 0 Å². The molecule has 0 spiro atoms. The summed E-state index contributed by atoms with van der Waals surface area (Å²) in [4.78, 5) is 0. The highest BCUT2D eigenvalue weighted by Gasteiger charge is 2.69. The second kappa shape index (κ2) is 8.37. The summed E-state index contributed by atoms with van der Waals surface area (Å²) >= 11 is 0. The molecule has 3 aliphatic carbocycles. The van der Waals surface area contributed by atoms with Crippen molar-refractivity contribution in [3.05, 3.63) is 41.1 Å². The smallest absolute Gasteiger partial charge is 0.221 e. The summed E-state index contributed by atoms with van der Waals surface area (Å²) in [6.45, 7) is 12.4. The Morgan fingerprint density at radius 3 is 2.46 bits per heavy atom. The summed E-state index contributed by atoms with van der Waals surface area (Å²) in [5.74, 6) is 2.48. The normalized spacial score (nSPS) is 31.3. The molecule has 39 heavy (non-hydrogen) atoms. The van der Waals surface area contributed by atoms with Gasteiger partial charge in [-0.2, -0.15) is 4.57 Å². The van der Waals surface area contributed by atoms with Gasteiger partial charge in [0.15, 0.2) is 23.2 Å². The highest BCUT2D eigenvalue weighted by Crippen LogP contribution is 2.78. The van der Waals surface area contributed by atoms with Crippen LogP contribution < -0.4 is 14.0 Å². The Labute approximate surface area is 235 Å². The maximum atomic E-state index is 6.08. The van der Waals surface area contributed by atoms with E-state index < -0.39 is 0 Å². The summed E-state index contributed by atoms with van der Waals surface area (Å²) in [7, 11) is 3.58. The Morgan fingerprint density at radius 2 is 1.77 bits per heavy atom. The minimum absolute atomic E-state index is 0.0509. The molecular formula is C36H48NO2+. The first-order chi connectivity index (χ1) is 18.7. The number of rotatable bonds is 8. The van der Waals surface area contributed by atoms with E-state index in [2.05, 4.69) is 63.6 Å². The van der Waals surface area contributed by atoms with Crippen molar-refractivity contribution in [1.29, 1.82) is 0 Å². The van der Waals surface area contributed by atoms with Gasteiger partial charge in [0.1, 0.15) is 0 Å². The Balaban J connectivity index is 1.52. The lowest BCUT2D eigenvalue weighted by Crippen LogP contribution is -2.59. The van der Waals surface area contributed by atoms with E-state index in [1.54, 1.807) is 18.2 Å². The zero-order chi connectivity index (χ0) is 27.4. The van der Waals surface area contributed by atoms with Crippen LogP contribution in [0.15, 0.2) is 24.4 Å². The Hall–Kier alpha value is -2.29. The zero-order valence-corrected chi connectivity index (χ0v) is 25.4. The van der Waals surface area contributed by atoms with Crippen LogP contribution in [0.2, 0.25) is 0 Å². The molecule has 2 bridgehead atoms. The Morgan fingerprint density at radius 1 is 0.974 bits per heavy atom. The molecule has 0 amide bonds. The van der Waals surface area contributed by atoms with Gasteiger partial charge in [-0.1, -0.05) is 59.9 Å². The van der Waals surface area contributed by atoms with Gasteiger partial charge in [0.2, 0.25) is 5.52 Å². The highest BCUT2D eigenvalue weighted by molar-refractivity contribution is 6.09. The number of aromatic nitrogens is 1. The summed E-state index contributed by atoms with van der Waals surface area (Å²) in [5, 5.41) is 4.18. The van der Waals surface area contributed by atoms with Gasteiger partial charge in [-0.15, -0.1) is 0 Å². The Bertz CT molecular complexity index is 1500. The van der Waals surface area contributed by atoms with Gasteiger partial charge in [-0.3, -0.25) is 0 Å². The van der Waals surface area contributed by atoms with Crippen LogP contribution in [-0.2, 0) is 17.4 Å². The van der Waals surface area contributed by atoms with Crippen molar-refractivity contribution in [3.63, 3.8) is 0 Å². The monoisotopic (exact) mass is 526 g/mol. The van der Waals surface area contributed by atoms with Crippen LogP contribution in [0.5, 0.6) is 11.5 Å². The van der Waals surface area contributed by atoms with Crippen molar-refractivity contribution in [2.45, 2.75) is 122 Å². The molecule has 1 aliphatic heterocycles. The largest absolute Gasteiger partial charge is 0.493 e. The van der Waals surface area contributed by atoms with Gasteiger partial charge >= 0.3 is 0 Å². The van der Waals surface area contributed by atoms with E-state index in [0.717, 1.165) is 30.8 Å². The standard InChI is InChI=1S/C36H48NO2/c1-8-11-12-15-35-21-33(4)17-24(18-34(35,5)22-35)27-20-37-31-25(30(27)33)14-13-23-16-28(38-6)32(39-7)26(29(23)31)19-36(37,9-2)10-3/h13-14,16,20,24H,8-12,15,17-19,21-22H2,1-7H3/q+1. The molecule has 1 aromatic heterocycles. The fourth-order valence-electron chi connectivity index (χ4n) is 10.4. The second-order valence-electron chi connectivity index (χ2n) is 14.4. The molecule has 2 heterocycles. The lowest BCUT2D eigenvalue weighted by molar-refractivity contribution is -0.744. The molecule has 4 atom stereocenters. The molecule has 4 aliphatic rings. The molecule has 2 aromatic carbocycles. The number of nitrogens with zero attached hydrogens (tertiary/aromatic N) is 1. The third-order valence-corrected chi connectivity index (χ3v) is 12.4. The summed E-state index contributed by atoms with van der Waals surface area (Å²) in [6, 6.07) is 7.04. The number of benzene rings is 2. The van der Waals surface area contributed by atoms with Crippen molar-refractivity contribution >= 4 is 21.7 Å². The van der Waals surface area contributed by atoms with Crippen molar-refractivity contribution in [1.82, 2.24) is 0 Å². The lowest BCUT2D eigenvalue weighted by Gasteiger charge is -2.36. The van der Waals surface area contributed by atoms with Crippen LogP contribution in [-0.4, -0.2) is 14.2 Å². The van der Waals surface area contributed by atoms with E-state index in [1.165, 1.54) is 78.6 Å². The topological polar surface area (TPSA) is 22.3 Å². The van der Waals surface area contributed by atoms with E-state index in [1.807, 2.05) is 7.11 Å². The van der Waals surface area contributed by atoms with Crippen LogP contribution in [0.3, 0.4) is 0 Å². The molecule has 4 unspecified atom stereocenters. The number of fused-ring (bicyclic) bond motifs is 7. The van der Waals surface area contributed by atoms with Crippen molar-refractivity contribution < 1.29 is 14.0 Å². The quantitative estimate of drug-likeness (QED) is 0.166. The fourth-order valence-corrected chi connectivity index (χ4v) is 10.4. The molecule has 7 rings (SSSR count). The van der Waals surface area contributed by atoms with Gasteiger partial charge in [0.05, 0.1) is 25.0 Å². The van der Waals surface area contributed by atoms with Gasteiger partial charge in [-0.05, 0) is 77.3 Å². The molecular weight excluding hydrogens is 478 g/mol. The van der Waals surface area contributed by atoms with Crippen LogP contribution in [0.4, 0.5) is 0 Å². The van der Waals surface area contributed by atoms with E-state index in [0.29, 0.717) is 16.7 Å². The van der Waals surface area contributed by atoms with Gasteiger partial charge < -0.3 is 9.47 Å². The summed E-state index contributed by atoms with van der Waals surface area (Å²) in [5.41, 5.74) is 7.54. The first-order valence-corrected chi connectivity index (χ1v) is 15.8. The number of hydrogen-bond donors (Lipinski definition) is 0. The first kappa shape index (κ1) is 25.7. The fraction of sp³-hybridized carbons (Fsp3) is 0.639. The highest BCUT2D eigenvalue weighted by atomic mass is 16.5. The molecule has 208 valence electrons.